The van der Waals surface area contributed by atoms with Gasteiger partial charge in [0.15, 0.2) is 0 Å². The van der Waals surface area contributed by atoms with Gasteiger partial charge in [0, 0.05) is 41.3 Å². The summed E-state index contributed by atoms with van der Waals surface area (Å²) in [6.45, 7) is 4.58. The van der Waals surface area contributed by atoms with Crippen LogP contribution in [0, 0.1) is 6.92 Å². The summed E-state index contributed by atoms with van der Waals surface area (Å²) < 4.78 is 11.0. The summed E-state index contributed by atoms with van der Waals surface area (Å²) in [5.74, 6) is 2.10. The maximum Gasteiger partial charge on any atom is 0.137 e. The van der Waals surface area contributed by atoms with E-state index in [-0.39, 0.29) is 0 Å². The van der Waals surface area contributed by atoms with E-state index in [1.165, 1.54) is 0 Å². The first-order valence-electron chi connectivity index (χ1n) is 5.61. The normalized spacial score (nSPS) is 12.5. The quantitative estimate of drug-likeness (QED) is 0.809. The van der Waals surface area contributed by atoms with Crippen LogP contribution in [0.15, 0.2) is 0 Å². The highest BCUT2D eigenvalue weighted by Crippen LogP contribution is 2.20. The first-order valence-corrected chi connectivity index (χ1v) is 7.72. The van der Waals surface area contributed by atoms with E-state index in [2.05, 4.69) is 22.2 Å². The van der Waals surface area contributed by atoms with E-state index in [1.54, 1.807) is 6.26 Å². The molecule has 0 radical (unpaired) electrons. The monoisotopic (exact) mass is 275 g/mol. The molecule has 1 aromatic heterocycles. The van der Waals surface area contributed by atoms with Gasteiger partial charge >= 0.3 is 0 Å². The summed E-state index contributed by atoms with van der Waals surface area (Å²) in [7, 11) is -0.799. The standard InChI is InChI=1S/C11H18ClN3OS/c1-4-5-9-14-10(12)8(2)11(15-9)13-6-7-17(3)16/h4-7H2,1-3H3,(H,13,14,15). The summed E-state index contributed by atoms with van der Waals surface area (Å²) >= 11 is 6.05. The minimum absolute atomic E-state index is 0.489. The van der Waals surface area contributed by atoms with Crippen molar-refractivity contribution in [3.8, 4) is 0 Å². The van der Waals surface area contributed by atoms with Crippen LogP contribution in [0.2, 0.25) is 5.15 Å². The molecule has 0 aliphatic heterocycles. The summed E-state index contributed by atoms with van der Waals surface area (Å²) in [5.41, 5.74) is 0.841. The molecule has 1 unspecified atom stereocenters. The minimum atomic E-state index is -0.799. The molecule has 1 aromatic rings. The fraction of sp³-hybridized carbons (Fsp3) is 0.636. The van der Waals surface area contributed by atoms with E-state index in [9.17, 15) is 4.21 Å². The third-order valence-electron chi connectivity index (χ3n) is 2.29. The van der Waals surface area contributed by atoms with E-state index in [0.717, 1.165) is 30.0 Å². The van der Waals surface area contributed by atoms with Gasteiger partial charge < -0.3 is 5.32 Å². The van der Waals surface area contributed by atoms with Crippen molar-refractivity contribution in [1.29, 1.82) is 0 Å². The van der Waals surface area contributed by atoms with Crippen LogP contribution in [0.25, 0.3) is 0 Å². The Morgan fingerprint density at radius 2 is 2.12 bits per heavy atom. The minimum Gasteiger partial charge on any atom is -0.369 e. The van der Waals surface area contributed by atoms with Crippen molar-refractivity contribution in [2.75, 3.05) is 23.9 Å². The van der Waals surface area contributed by atoms with Gasteiger partial charge in [-0.1, -0.05) is 18.5 Å². The van der Waals surface area contributed by atoms with Crippen molar-refractivity contribution < 1.29 is 4.21 Å². The molecule has 0 amide bonds. The largest absolute Gasteiger partial charge is 0.369 e. The van der Waals surface area contributed by atoms with Crippen LogP contribution in [0.5, 0.6) is 0 Å². The Morgan fingerprint density at radius 3 is 2.71 bits per heavy atom. The lowest BCUT2D eigenvalue weighted by Gasteiger charge is -2.10. The number of nitrogens with one attached hydrogen (secondary N) is 1. The molecule has 0 aliphatic carbocycles. The number of hydrogen-bond acceptors (Lipinski definition) is 4. The van der Waals surface area contributed by atoms with Gasteiger partial charge in [0.2, 0.25) is 0 Å². The van der Waals surface area contributed by atoms with Gasteiger partial charge in [-0.05, 0) is 13.3 Å². The van der Waals surface area contributed by atoms with Crippen molar-refractivity contribution in [2.24, 2.45) is 0 Å². The number of aryl methyl sites for hydroxylation is 1. The SMILES string of the molecule is CCCc1nc(Cl)c(C)c(NCCS(C)=O)n1. The predicted octanol–water partition coefficient (Wildman–Crippen LogP) is 2.18. The Kier molecular flexibility index (Phi) is 5.85. The highest BCUT2D eigenvalue weighted by molar-refractivity contribution is 7.84. The number of aromatic nitrogens is 2. The second kappa shape index (κ2) is 6.91. The molecule has 0 aromatic carbocycles. The lowest BCUT2D eigenvalue weighted by Crippen LogP contribution is -2.13. The van der Waals surface area contributed by atoms with Gasteiger partial charge in [-0.3, -0.25) is 4.21 Å². The van der Waals surface area contributed by atoms with Crippen LogP contribution in [0.3, 0.4) is 0 Å². The summed E-state index contributed by atoms with van der Waals surface area (Å²) in [4.78, 5) is 8.63. The molecule has 0 saturated carbocycles. The summed E-state index contributed by atoms with van der Waals surface area (Å²) in [5, 5.41) is 3.64. The van der Waals surface area contributed by atoms with Crippen molar-refractivity contribution >= 4 is 28.2 Å². The molecule has 0 bridgehead atoms. The third kappa shape index (κ3) is 4.60. The molecule has 4 nitrogen and oxygen atoms in total. The van der Waals surface area contributed by atoms with Crippen molar-refractivity contribution in [2.45, 2.75) is 26.7 Å². The third-order valence-corrected chi connectivity index (χ3v) is 3.44. The maximum absolute atomic E-state index is 11.0. The zero-order valence-corrected chi connectivity index (χ0v) is 12.0. The molecule has 1 rings (SSSR count). The van der Waals surface area contributed by atoms with Crippen LogP contribution in [0.4, 0.5) is 5.82 Å². The van der Waals surface area contributed by atoms with Crippen LogP contribution in [0.1, 0.15) is 24.7 Å². The lowest BCUT2D eigenvalue weighted by atomic mass is 10.3. The number of anilines is 1. The summed E-state index contributed by atoms with van der Waals surface area (Å²) in [6.07, 6.45) is 3.48. The van der Waals surface area contributed by atoms with Gasteiger partial charge in [0.05, 0.1) is 0 Å². The first-order chi connectivity index (χ1) is 8.04. The molecule has 0 fully saturated rings. The average Bonchev–Trinajstić information content (AvgIpc) is 2.24. The number of rotatable bonds is 6. The molecule has 1 N–H and O–H groups in total. The van der Waals surface area contributed by atoms with Gasteiger partial charge in [-0.2, -0.15) is 0 Å². The average molecular weight is 276 g/mol. The number of hydrogen-bond donors (Lipinski definition) is 1. The highest BCUT2D eigenvalue weighted by atomic mass is 35.5. The molecule has 0 spiro atoms. The van der Waals surface area contributed by atoms with Crippen molar-refractivity contribution in [3.63, 3.8) is 0 Å². The fourth-order valence-electron chi connectivity index (χ4n) is 1.35. The molecular formula is C11H18ClN3OS. The molecule has 0 aliphatic rings. The zero-order chi connectivity index (χ0) is 12.8. The Hall–Kier alpha value is -0.680. The molecule has 1 atom stereocenters. The highest BCUT2D eigenvalue weighted by Gasteiger charge is 2.08. The second-order valence-electron chi connectivity index (χ2n) is 3.86. The van der Waals surface area contributed by atoms with Gasteiger partial charge in [0.25, 0.3) is 0 Å². The Balaban J connectivity index is 2.78. The Labute approximate surface area is 110 Å². The Bertz CT molecular complexity index is 412. The van der Waals surface area contributed by atoms with E-state index in [1.807, 2.05) is 6.92 Å². The van der Waals surface area contributed by atoms with Crippen molar-refractivity contribution in [3.05, 3.63) is 16.5 Å². The van der Waals surface area contributed by atoms with Crippen LogP contribution < -0.4 is 5.32 Å². The molecular weight excluding hydrogens is 258 g/mol. The lowest BCUT2D eigenvalue weighted by molar-refractivity contribution is 0.687. The van der Waals surface area contributed by atoms with Crippen LogP contribution in [-0.4, -0.2) is 32.7 Å². The van der Waals surface area contributed by atoms with Gasteiger partial charge in [0.1, 0.15) is 16.8 Å². The van der Waals surface area contributed by atoms with E-state index >= 15 is 0 Å². The van der Waals surface area contributed by atoms with E-state index in [4.69, 9.17) is 11.6 Å². The topological polar surface area (TPSA) is 54.9 Å². The van der Waals surface area contributed by atoms with Crippen molar-refractivity contribution in [1.82, 2.24) is 9.97 Å². The fourth-order valence-corrected chi connectivity index (χ4v) is 1.93. The molecule has 17 heavy (non-hydrogen) atoms. The molecule has 6 heteroatoms. The molecule has 1 heterocycles. The smallest absolute Gasteiger partial charge is 0.137 e. The van der Waals surface area contributed by atoms with E-state index in [0.29, 0.717) is 17.5 Å². The van der Waals surface area contributed by atoms with Crippen LogP contribution >= 0.6 is 11.6 Å². The maximum atomic E-state index is 11.0. The van der Waals surface area contributed by atoms with Gasteiger partial charge in [-0.15, -0.1) is 0 Å². The summed E-state index contributed by atoms with van der Waals surface area (Å²) in [6, 6.07) is 0. The first kappa shape index (κ1) is 14.4. The molecule has 96 valence electrons. The van der Waals surface area contributed by atoms with E-state index < -0.39 is 10.8 Å². The molecule has 0 saturated heterocycles. The number of nitrogens with zero attached hydrogens (tertiary/aromatic N) is 2. The van der Waals surface area contributed by atoms with Gasteiger partial charge in [-0.25, -0.2) is 9.97 Å². The Morgan fingerprint density at radius 1 is 1.41 bits per heavy atom. The zero-order valence-electron chi connectivity index (χ0n) is 10.4. The predicted molar refractivity (Wildman–Crippen MR) is 73.2 cm³/mol. The second-order valence-corrected chi connectivity index (χ2v) is 5.77. The number of halogens is 1. The van der Waals surface area contributed by atoms with Crippen LogP contribution in [-0.2, 0) is 17.2 Å².